The number of aryl methyl sites for hydroxylation is 1. The Morgan fingerprint density at radius 2 is 2.05 bits per heavy atom. The first-order chi connectivity index (χ1) is 10.1. The molecular weight excluding hydrogens is 260 g/mol. The molecule has 0 amide bonds. The molecule has 0 fully saturated rings. The van der Waals surface area contributed by atoms with Crippen molar-refractivity contribution in [3.63, 3.8) is 0 Å². The molecule has 0 saturated heterocycles. The number of rotatable bonds is 1. The van der Waals surface area contributed by atoms with E-state index in [9.17, 15) is 4.79 Å². The number of aromatic nitrogens is 2. The van der Waals surface area contributed by atoms with Gasteiger partial charge in [-0.2, -0.15) is 0 Å². The summed E-state index contributed by atoms with van der Waals surface area (Å²) < 4.78 is 2.14. The third kappa shape index (κ3) is 1.95. The van der Waals surface area contributed by atoms with Gasteiger partial charge in [0.2, 0.25) is 0 Å². The number of imidazole rings is 1. The van der Waals surface area contributed by atoms with E-state index in [2.05, 4.69) is 47.7 Å². The summed E-state index contributed by atoms with van der Waals surface area (Å²) in [4.78, 5) is 17.2. The van der Waals surface area contributed by atoms with Crippen molar-refractivity contribution in [1.82, 2.24) is 9.55 Å². The predicted molar refractivity (Wildman–Crippen MR) is 81.6 cm³/mol. The van der Waals surface area contributed by atoms with Crippen LogP contribution in [0.5, 0.6) is 0 Å². The molecular formula is C18H20N2O. The fraction of sp³-hybridized carbons (Fsp3) is 0.444. The Bertz CT molecular complexity index is 727. The molecule has 108 valence electrons. The Morgan fingerprint density at radius 3 is 2.90 bits per heavy atom. The van der Waals surface area contributed by atoms with Gasteiger partial charge in [-0.25, -0.2) is 4.98 Å². The number of nitrogens with zero attached hydrogens (tertiary/aromatic N) is 2. The van der Waals surface area contributed by atoms with Gasteiger partial charge in [0.25, 0.3) is 0 Å². The minimum absolute atomic E-state index is 0.0385. The molecule has 0 radical (unpaired) electrons. The van der Waals surface area contributed by atoms with Crippen molar-refractivity contribution < 1.29 is 4.79 Å². The number of hydrogen-bond acceptors (Lipinski definition) is 2. The molecule has 21 heavy (non-hydrogen) atoms. The quantitative estimate of drug-likeness (QED) is 0.800. The lowest BCUT2D eigenvalue weighted by atomic mass is 9.77. The molecule has 0 bridgehead atoms. The molecule has 3 heteroatoms. The fourth-order valence-electron chi connectivity index (χ4n) is 3.93. The van der Waals surface area contributed by atoms with Crippen LogP contribution in [0.2, 0.25) is 0 Å². The highest BCUT2D eigenvalue weighted by atomic mass is 16.1. The lowest BCUT2D eigenvalue weighted by Gasteiger charge is -2.29. The molecule has 1 heterocycles. The molecule has 2 aliphatic carbocycles. The summed E-state index contributed by atoms with van der Waals surface area (Å²) in [6.45, 7) is 4.30. The first-order valence-electron chi connectivity index (χ1n) is 7.72. The number of hydrogen-bond donors (Lipinski definition) is 0. The van der Waals surface area contributed by atoms with Crippen LogP contribution < -0.4 is 0 Å². The van der Waals surface area contributed by atoms with Crippen LogP contribution in [0.4, 0.5) is 0 Å². The van der Waals surface area contributed by atoms with E-state index in [4.69, 9.17) is 0 Å². The van der Waals surface area contributed by atoms with Crippen molar-refractivity contribution in [2.45, 2.75) is 45.6 Å². The number of carbonyl (C=O) groups excluding carboxylic acids is 1. The minimum atomic E-state index is 0.0385. The number of fused-ring (bicyclic) bond motifs is 2. The summed E-state index contributed by atoms with van der Waals surface area (Å²) in [5, 5.41) is 0. The molecule has 0 spiro atoms. The first-order valence-corrected chi connectivity index (χ1v) is 7.72. The van der Waals surface area contributed by atoms with Crippen molar-refractivity contribution in [2.75, 3.05) is 0 Å². The van der Waals surface area contributed by atoms with Crippen LogP contribution in [0, 0.1) is 5.41 Å². The van der Waals surface area contributed by atoms with Crippen molar-refractivity contribution >= 4 is 5.78 Å². The molecule has 2 aliphatic rings. The van der Waals surface area contributed by atoms with Gasteiger partial charge in [0, 0.05) is 6.42 Å². The lowest BCUT2D eigenvalue weighted by molar-refractivity contribution is 0.0899. The van der Waals surface area contributed by atoms with Crippen LogP contribution in [0.25, 0.3) is 0 Å². The molecule has 0 N–H and O–H groups in total. The Labute approximate surface area is 125 Å². The highest BCUT2D eigenvalue weighted by Crippen LogP contribution is 2.39. The lowest BCUT2D eigenvalue weighted by Crippen LogP contribution is -2.29. The van der Waals surface area contributed by atoms with Crippen molar-refractivity contribution in [3.05, 3.63) is 53.1 Å². The number of carbonyl (C=O) groups is 1. The molecule has 1 unspecified atom stereocenters. The average Bonchev–Trinajstić information content (AvgIpc) is 3.00. The van der Waals surface area contributed by atoms with Crippen molar-refractivity contribution in [3.8, 4) is 0 Å². The van der Waals surface area contributed by atoms with E-state index >= 15 is 0 Å². The second-order valence-corrected chi connectivity index (χ2v) is 7.14. The summed E-state index contributed by atoms with van der Waals surface area (Å²) >= 11 is 0. The van der Waals surface area contributed by atoms with Gasteiger partial charge < -0.3 is 4.57 Å². The maximum Gasteiger partial charge on any atom is 0.181 e. The zero-order valence-corrected chi connectivity index (χ0v) is 12.6. The van der Waals surface area contributed by atoms with Crippen LogP contribution in [-0.4, -0.2) is 15.3 Å². The maximum absolute atomic E-state index is 12.6. The Morgan fingerprint density at radius 1 is 1.24 bits per heavy atom. The fourth-order valence-corrected chi connectivity index (χ4v) is 3.93. The van der Waals surface area contributed by atoms with E-state index in [1.165, 1.54) is 11.1 Å². The largest absolute Gasteiger partial charge is 0.320 e. The first kappa shape index (κ1) is 12.8. The number of Topliss-reactive ketones (excluding diaryl/α,β-unsaturated/α-hetero) is 1. The zero-order valence-electron chi connectivity index (χ0n) is 12.6. The SMILES string of the molecule is CC1(C)CC(=O)c2c(ncn2C2CCc3ccccc32)C1. The zero-order chi connectivity index (χ0) is 14.6. The van der Waals surface area contributed by atoms with Gasteiger partial charge >= 0.3 is 0 Å². The standard InChI is InChI=1S/C18H20N2O/c1-18(2)9-14-17(16(21)10-18)20(11-19-14)15-8-7-12-5-3-4-6-13(12)15/h3-6,11,15H,7-10H2,1-2H3. The molecule has 1 atom stereocenters. The van der Waals surface area contributed by atoms with Crippen LogP contribution in [0.1, 0.15) is 60.0 Å². The smallest absolute Gasteiger partial charge is 0.181 e. The maximum atomic E-state index is 12.6. The normalized spacial score (nSPS) is 23.0. The summed E-state index contributed by atoms with van der Waals surface area (Å²) in [5.41, 5.74) is 4.65. The van der Waals surface area contributed by atoms with E-state index in [0.29, 0.717) is 6.42 Å². The molecule has 2 aromatic rings. The third-order valence-corrected chi connectivity index (χ3v) is 4.86. The average molecular weight is 280 g/mol. The van der Waals surface area contributed by atoms with Gasteiger partial charge in [-0.1, -0.05) is 38.1 Å². The van der Waals surface area contributed by atoms with Gasteiger partial charge in [-0.3, -0.25) is 4.79 Å². The van der Waals surface area contributed by atoms with E-state index < -0.39 is 0 Å². The van der Waals surface area contributed by atoms with E-state index in [0.717, 1.165) is 30.7 Å². The molecule has 3 nitrogen and oxygen atoms in total. The van der Waals surface area contributed by atoms with E-state index in [1.807, 2.05) is 6.33 Å². The summed E-state index contributed by atoms with van der Waals surface area (Å²) in [7, 11) is 0. The van der Waals surface area contributed by atoms with Gasteiger partial charge in [-0.05, 0) is 35.8 Å². The van der Waals surface area contributed by atoms with Crippen molar-refractivity contribution in [1.29, 1.82) is 0 Å². The van der Waals surface area contributed by atoms with Gasteiger partial charge in [-0.15, -0.1) is 0 Å². The molecule has 1 aromatic heterocycles. The van der Waals surface area contributed by atoms with Crippen LogP contribution in [0.3, 0.4) is 0 Å². The molecule has 1 aromatic carbocycles. The second-order valence-electron chi connectivity index (χ2n) is 7.14. The highest BCUT2D eigenvalue weighted by molar-refractivity contribution is 5.97. The number of benzene rings is 1. The van der Waals surface area contributed by atoms with Gasteiger partial charge in [0.05, 0.1) is 18.1 Å². The predicted octanol–water partition coefficient (Wildman–Crippen LogP) is 3.57. The summed E-state index contributed by atoms with van der Waals surface area (Å²) in [6.07, 6.45) is 5.57. The number of ketones is 1. The second kappa shape index (κ2) is 4.30. The van der Waals surface area contributed by atoms with E-state index in [-0.39, 0.29) is 17.2 Å². The van der Waals surface area contributed by atoms with Gasteiger partial charge in [0.1, 0.15) is 5.69 Å². The van der Waals surface area contributed by atoms with Gasteiger partial charge in [0.15, 0.2) is 5.78 Å². The van der Waals surface area contributed by atoms with Crippen LogP contribution >= 0.6 is 0 Å². The van der Waals surface area contributed by atoms with Crippen LogP contribution in [0.15, 0.2) is 30.6 Å². The summed E-state index contributed by atoms with van der Waals surface area (Å²) in [5.74, 6) is 0.253. The van der Waals surface area contributed by atoms with Crippen LogP contribution in [-0.2, 0) is 12.8 Å². The topological polar surface area (TPSA) is 34.9 Å². The Kier molecular flexibility index (Phi) is 2.62. The monoisotopic (exact) mass is 280 g/mol. The van der Waals surface area contributed by atoms with E-state index in [1.54, 1.807) is 0 Å². The molecule has 0 aliphatic heterocycles. The molecule has 0 saturated carbocycles. The Balaban J connectivity index is 1.80. The molecule has 4 rings (SSSR count). The minimum Gasteiger partial charge on any atom is -0.320 e. The highest BCUT2D eigenvalue weighted by Gasteiger charge is 2.36. The third-order valence-electron chi connectivity index (χ3n) is 4.86. The Hall–Kier alpha value is -1.90. The summed E-state index contributed by atoms with van der Waals surface area (Å²) in [6, 6.07) is 8.85. The van der Waals surface area contributed by atoms with Crippen molar-refractivity contribution in [2.24, 2.45) is 5.41 Å².